The van der Waals surface area contributed by atoms with Crippen molar-refractivity contribution in [2.45, 2.75) is 11.3 Å². The van der Waals surface area contributed by atoms with E-state index in [1.54, 1.807) is 14.2 Å². The molecule has 0 unspecified atom stereocenters. The van der Waals surface area contributed by atoms with Crippen molar-refractivity contribution >= 4 is 29.1 Å². The first kappa shape index (κ1) is 19.4. The van der Waals surface area contributed by atoms with Crippen molar-refractivity contribution in [3.63, 3.8) is 0 Å². The second kappa shape index (κ2) is 10.8. The fourth-order valence-electron chi connectivity index (χ4n) is 2.27. The molecule has 2 aromatic carbocycles. The maximum absolute atomic E-state index is 5.32. The summed E-state index contributed by atoms with van der Waals surface area (Å²) >= 11 is 7.13. The van der Waals surface area contributed by atoms with Gasteiger partial charge in [-0.3, -0.25) is 0 Å². The van der Waals surface area contributed by atoms with Crippen LogP contribution in [0.5, 0.6) is 11.5 Å². The van der Waals surface area contributed by atoms with Crippen molar-refractivity contribution < 1.29 is 9.47 Å². The number of nitrogens with one attached hydrogen (secondary N) is 2. The Kier molecular flexibility index (Phi) is 8.42. The third-order valence-electron chi connectivity index (χ3n) is 3.55. The SMILES string of the molecule is COc1ccc(CCNC(=S)NCCSc2ccccc2)cc1OC. The number of methoxy groups -OCH3 is 2. The Morgan fingerprint density at radius 1 is 0.960 bits per heavy atom. The highest BCUT2D eigenvalue weighted by Gasteiger charge is 2.04. The van der Waals surface area contributed by atoms with Crippen molar-refractivity contribution in [3.05, 3.63) is 54.1 Å². The molecule has 2 aromatic rings. The van der Waals surface area contributed by atoms with Crippen molar-refractivity contribution in [1.29, 1.82) is 0 Å². The Morgan fingerprint density at radius 3 is 2.40 bits per heavy atom. The highest BCUT2D eigenvalue weighted by Crippen LogP contribution is 2.27. The lowest BCUT2D eigenvalue weighted by atomic mass is 10.1. The second-order valence-electron chi connectivity index (χ2n) is 5.28. The number of thioether (sulfide) groups is 1. The summed E-state index contributed by atoms with van der Waals surface area (Å²) < 4.78 is 10.6. The maximum Gasteiger partial charge on any atom is 0.166 e. The summed E-state index contributed by atoms with van der Waals surface area (Å²) in [6.07, 6.45) is 0.862. The van der Waals surface area contributed by atoms with Gasteiger partial charge in [-0.1, -0.05) is 24.3 Å². The zero-order valence-electron chi connectivity index (χ0n) is 14.6. The number of hydrogen-bond donors (Lipinski definition) is 2. The Morgan fingerprint density at radius 2 is 1.68 bits per heavy atom. The third-order valence-corrected chi connectivity index (χ3v) is 4.85. The van der Waals surface area contributed by atoms with Gasteiger partial charge < -0.3 is 20.1 Å². The summed E-state index contributed by atoms with van der Waals surface area (Å²) in [5.74, 6) is 2.47. The topological polar surface area (TPSA) is 42.5 Å². The molecule has 6 heteroatoms. The quantitative estimate of drug-likeness (QED) is 0.397. The van der Waals surface area contributed by atoms with E-state index in [0.29, 0.717) is 5.11 Å². The lowest BCUT2D eigenvalue weighted by Crippen LogP contribution is -2.37. The largest absolute Gasteiger partial charge is 0.493 e. The van der Waals surface area contributed by atoms with Gasteiger partial charge in [0, 0.05) is 23.7 Å². The van der Waals surface area contributed by atoms with Gasteiger partial charge in [-0.15, -0.1) is 11.8 Å². The second-order valence-corrected chi connectivity index (χ2v) is 6.86. The van der Waals surface area contributed by atoms with Crippen LogP contribution in [-0.2, 0) is 6.42 Å². The minimum Gasteiger partial charge on any atom is -0.493 e. The summed E-state index contributed by atoms with van der Waals surface area (Å²) in [5.41, 5.74) is 1.17. The molecule has 134 valence electrons. The average Bonchev–Trinajstić information content (AvgIpc) is 2.66. The molecule has 0 saturated carbocycles. The van der Waals surface area contributed by atoms with Gasteiger partial charge in [0.15, 0.2) is 16.6 Å². The molecule has 0 amide bonds. The lowest BCUT2D eigenvalue weighted by Gasteiger charge is -2.12. The van der Waals surface area contributed by atoms with Crippen molar-refractivity contribution in [2.24, 2.45) is 0 Å². The number of thiocarbonyl (C=S) groups is 1. The van der Waals surface area contributed by atoms with Gasteiger partial charge in [-0.05, 0) is 48.5 Å². The standard InChI is InChI=1S/C19H24N2O2S2/c1-22-17-9-8-15(14-18(17)23-2)10-11-20-19(24)21-12-13-25-16-6-4-3-5-7-16/h3-9,14H,10-13H2,1-2H3,(H2,20,21,24). The molecule has 0 aliphatic carbocycles. The van der Waals surface area contributed by atoms with Gasteiger partial charge in [-0.25, -0.2) is 0 Å². The smallest absolute Gasteiger partial charge is 0.166 e. The Bertz CT molecular complexity index is 666. The van der Waals surface area contributed by atoms with Crippen LogP contribution in [0.4, 0.5) is 0 Å². The van der Waals surface area contributed by atoms with Gasteiger partial charge in [0.1, 0.15) is 0 Å². The van der Waals surface area contributed by atoms with Crippen LogP contribution >= 0.6 is 24.0 Å². The zero-order valence-corrected chi connectivity index (χ0v) is 16.2. The highest BCUT2D eigenvalue weighted by molar-refractivity contribution is 7.99. The summed E-state index contributed by atoms with van der Waals surface area (Å²) in [6.45, 7) is 1.61. The van der Waals surface area contributed by atoms with Crippen LogP contribution in [0.1, 0.15) is 5.56 Å². The summed E-state index contributed by atoms with van der Waals surface area (Å²) in [6, 6.07) is 16.3. The monoisotopic (exact) mass is 376 g/mol. The van der Waals surface area contributed by atoms with Crippen molar-refractivity contribution in [2.75, 3.05) is 33.1 Å². The molecule has 0 bridgehead atoms. The lowest BCUT2D eigenvalue weighted by molar-refractivity contribution is 0.354. The van der Waals surface area contributed by atoms with Gasteiger partial charge in [0.2, 0.25) is 0 Å². The molecule has 2 N–H and O–H groups in total. The van der Waals surface area contributed by atoms with E-state index in [2.05, 4.69) is 34.9 Å². The number of benzene rings is 2. The molecule has 0 aromatic heterocycles. The van der Waals surface area contributed by atoms with Crippen molar-refractivity contribution in [1.82, 2.24) is 10.6 Å². The van der Waals surface area contributed by atoms with E-state index in [4.69, 9.17) is 21.7 Å². The molecule has 0 saturated heterocycles. The van der Waals surface area contributed by atoms with E-state index >= 15 is 0 Å². The van der Waals surface area contributed by atoms with Crippen LogP contribution in [0, 0.1) is 0 Å². The summed E-state index contributed by atoms with van der Waals surface area (Å²) in [4.78, 5) is 1.27. The molecule has 0 radical (unpaired) electrons. The van der Waals surface area contributed by atoms with Gasteiger partial charge >= 0.3 is 0 Å². The fourth-order valence-corrected chi connectivity index (χ4v) is 3.26. The maximum atomic E-state index is 5.32. The van der Waals surface area contributed by atoms with E-state index in [9.17, 15) is 0 Å². The van der Waals surface area contributed by atoms with E-state index in [0.717, 1.165) is 36.8 Å². The predicted octanol–water partition coefficient (Wildman–Crippen LogP) is 3.50. The van der Waals surface area contributed by atoms with Crippen molar-refractivity contribution in [3.8, 4) is 11.5 Å². The molecule has 0 spiro atoms. The molecule has 0 aliphatic rings. The molecule has 25 heavy (non-hydrogen) atoms. The molecule has 0 heterocycles. The number of ether oxygens (including phenoxy) is 2. The van der Waals surface area contributed by atoms with Crippen LogP contribution in [-0.4, -0.2) is 38.2 Å². The first-order valence-electron chi connectivity index (χ1n) is 8.13. The first-order valence-corrected chi connectivity index (χ1v) is 9.52. The van der Waals surface area contributed by atoms with Crippen LogP contribution < -0.4 is 20.1 Å². The van der Waals surface area contributed by atoms with Gasteiger partial charge in [-0.2, -0.15) is 0 Å². The average molecular weight is 377 g/mol. The first-order chi connectivity index (χ1) is 12.2. The molecule has 0 atom stereocenters. The minimum absolute atomic E-state index is 0.689. The Hall–Kier alpha value is -1.92. The summed E-state index contributed by atoms with van der Waals surface area (Å²) in [7, 11) is 3.28. The number of hydrogen-bond acceptors (Lipinski definition) is 4. The van der Waals surface area contributed by atoms with E-state index in [1.807, 2.05) is 36.0 Å². The van der Waals surface area contributed by atoms with Gasteiger partial charge in [0.05, 0.1) is 14.2 Å². The van der Waals surface area contributed by atoms with Crippen LogP contribution in [0.15, 0.2) is 53.4 Å². The molecule has 0 fully saturated rings. The van der Waals surface area contributed by atoms with Gasteiger partial charge in [0.25, 0.3) is 0 Å². The zero-order chi connectivity index (χ0) is 17.9. The molecule has 0 aliphatic heterocycles. The molecule has 4 nitrogen and oxygen atoms in total. The molecular formula is C19H24N2O2S2. The summed E-state index contributed by atoms with van der Waals surface area (Å²) in [5, 5.41) is 7.16. The van der Waals surface area contributed by atoms with Crippen LogP contribution in [0.25, 0.3) is 0 Å². The predicted molar refractivity (Wildman–Crippen MR) is 109 cm³/mol. The molecular weight excluding hydrogens is 352 g/mol. The van der Waals surface area contributed by atoms with E-state index in [1.165, 1.54) is 10.5 Å². The van der Waals surface area contributed by atoms with Crippen LogP contribution in [0.3, 0.4) is 0 Å². The fraction of sp³-hybridized carbons (Fsp3) is 0.316. The Balaban J connectivity index is 1.63. The molecule has 2 rings (SSSR count). The number of rotatable bonds is 9. The minimum atomic E-state index is 0.689. The third kappa shape index (κ3) is 6.84. The van der Waals surface area contributed by atoms with E-state index in [-0.39, 0.29) is 0 Å². The highest BCUT2D eigenvalue weighted by atomic mass is 32.2. The normalized spacial score (nSPS) is 10.2. The van der Waals surface area contributed by atoms with Crippen LogP contribution in [0.2, 0.25) is 0 Å². The van der Waals surface area contributed by atoms with E-state index < -0.39 is 0 Å². The Labute approximate surface area is 159 Å².